The molecule has 4 aromatic rings. The first-order chi connectivity index (χ1) is 16.9. The Morgan fingerprint density at radius 1 is 1.20 bits per heavy atom. The molecular formula is C25H23F2N5O3. The van der Waals surface area contributed by atoms with Crippen LogP contribution >= 0.6 is 0 Å². The van der Waals surface area contributed by atoms with E-state index in [1.54, 1.807) is 23.0 Å². The van der Waals surface area contributed by atoms with Crippen LogP contribution in [0.15, 0.2) is 48.7 Å². The molecule has 10 heteroatoms. The molecular weight excluding hydrogens is 456 g/mol. The summed E-state index contributed by atoms with van der Waals surface area (Å²) in [6, 6.07) is 11.9. The molecule has 0 aliphatic heterocycles. The minimum Gasteiger partial charge on any atom is -0.493 e. The number of aryl methyl sites for hydroxylation is 1. The number of fused-ring (bicyclic) bond motifs is 1. The summed E-state index contributed by atoms with van der Waals surface area (Å²) in [4.78, 5) is 22.6. The Morgan fingerprint density at radius 2 is 2.03 bits per heavy atom. The van der Waals surface area contributed by atoms with E-state index in [-0.39, 0.29) is 24.0 Å². The van der Waals surface area contributed by atoms with Crippen LogP contribution in [0.5, 0.6) is 11.5 Å². The van der Waals surface area contributed by atoms with Gasteiger partial charge < -0.3 is 14.8 Å². The zero-order valence-electron chi connectivity index (χ0n) is 19.2. The second-order valence-corrected chi connectivity index (χ2v) is 8.30. The first-order valence-electron chi connectivity index (χ1n) is 11.2. The van der Waals surface area contributed by atoms with Crippen LogP contribution in [0.1, 0.15) is 46.1 Å². The van der Waals surface area contributed by atoms with Gasteiger partial charge >= 0.3 is 6.61 Å². The fourth-order valence-corrected chi connectivity index (χ4v) is 4.01. The smallest absolute Gasteiger partial charge is 0.387 e. The third-order valence-electron chi connectivity index (χ3n) is 5.84. The lowest BCUT2D eigenvalue weighted by Gasteiger charge is -2.12. The number of alkyl halides is 2. The summed E-state index contributed by atoms with van der Waals surface area (Å²) in [5.41, 5.74) is 3.27. The fraction of sp³-hybridized carbons (Fsp3) is 0.280. The number of nitrogens with zero attached hydrogens (tertiary/aromatic N) is 4. The molecule has 1 amide bonds. The zero-order valence-corrected chi connectivity index (χ0v) is 19.2. The standard InChI is InChI=1S/C25H23F2N5O3/c1-14-22-17(24(33)29-13-15-6-9-19(35-25(26)27)20(11-15)34-2)12-18(16-7-8-16)30-23(22)32(31-14)21-5-3-4-10-28-21/h3-6,9-12,16,25H,7-8,13H2,1-2H3,(H,29,33). The van der Waals surface area contributed by atoms with Gasteiger partial charge in [0.15, 0.2) is 23.0 Å². The second-order valence-electron chi connectivity index (χ2n) is 8.30. The van der Waals surface area contributed by atoms with Gasteiger partial charge in [-0.3, -0.25) is 4.79 Å². The summed E-state index contributed by atoms with van der Waals surface area (Å²) >= 11 is 0. The Morgan fingerprint density at radius 3 is 2.71 bits per heavy atom. The van der Waals surface area contributed by atoms with Crippen molar-refractivity contribution in [1.29, 1.82) is 0 Å². The number of carbonyl (C=O) groups excluding carboxylic acids is 1. The summed E-state index contributed by atoms with van der Waals surface area (Å²) in [5.74, 6) is 0.752. The Balaban J connectivity index is 1.46. The minimum atomic E-state index is -2.96. The van der Waals surface area contributed by atoms with Crippen molar-refractivity contribution in [1.82, 2.24) is 25.1 Å². The monoisotopic (exact) mass is 479 g/mol. The lowest BCUT2D eigenvalue weighted by molar-refractivity contribution is -0.0512. The van der Waals surface area contributed by atoms with Crippen LogP contribution in [0.2, 0.25) is 0 Å². The van der Waals surface area contributed by atoms with Crippen molar-refractivity contribution in [3.05, 3.63) is 71.2 Å². The number of methoxy groups -OCH3 is 1. The molecule has 1 aliphatic rings. The Labute approximate surface area is 199 Å². The number of ether oxygens (including phenoxy) is 2. The van der Waals surface area contributed by atoms with Crippen LogP contribution < -0.4 is 14.8 Å². The van der Waals surface area contributed by atoms with Gasteiger partial charge in [-0.25, -0.2) is 9.97 Å². The summed E-state index contributed by atoms with van der Waals surface area (Å²) in [6.45, 7) is -0.955. The van der Waals surface area contributed by atoms with E-state index in [4.69, 9.17) is 9.72 Å². The molecule has 0 atom stereocenters. The molecule has 1 aromatic carbocycles. The van der Waals surface area contributed by atoms with Gasteiger partial charge in [0.25, 0.3) is 5.91 Å². The van der Waals surface area contributed by atoms with Crippen LogP contribution in [-0.2, 0) is 6.54 Å². The molecule has 180 valence electrons. The molecule has 0 unspecified atom stereocenters. The van der Waals surface area contributed by atoms with E-state index in [1.807, 2.05) is 31.2 Å². The molecule has 8 nitrogen and oxygen atoms in total. The van der Waals surface area contributed by atoms with Gasteiger partial charge in [0.1, 0.15) is 0 Å². The summed E-state index contributed by atoms with van der Waals surface area (Å²) in [6.07, 6.45) is 3.74. The number of pyridine rings is 2. The Kier molecular flexibility index (Phi) is 6.02. The van der Waals surface area contributed by atoms with Crippen molar-refractivity contribution in [3.8, 4) is 17.3 Å². The van der Waals surface area contributed by atoms with E-state index in [0.29, 0.717) is 39.6 Å². The molecule has 3 aromatic heterocycles. The van der Waals surface area contributed by atoms with Crippen molar-refractivity contribution < 1.29 is 23.0 Å². The maximum absolute atomic E-state index is 13.3. The maximum atomic E-state index is 13.3. The largest absolute Gasteiger partial charge is 0.493 e. The van der Waals surface area contributed by atoms with Gasteiger partial charge in [0.2, 0.25) is 0 Å². The van der Waals surface area contributed by atoms with Gasteiger partial charge in [-0.1, -0.05) is 12.1 Å². The summed E-state index contributed by atoms with van der Waals surface area (Å²) in [7, 11) is 1.37. The van der Waals surface area contributed by atoms with Crippen molar-refractivity contribution in [2.24, 2.45) is 0 Å². The topological polar surface area (TPSA) is 91.2 Å². The predicted molar refractivity (Wildman–Crippen MR) is 124 cm³/mol. The number of hydrogen-bond acceptors (Lipinski definition) is 6. The Bertz CT molecular complexity index is 1390. The van der Waals surface area contributed by atoms with E-state index in [9.17, 15) is 13.6 Å². The maximum Gasteiger partial charge on any atom is 0.387 e. The third-order valence-corrected chi connectivity index (χ3v) is 5.84. The van der Waals surface area contributed by atoms with Gasteiger partial charge in [0, 0.05) is 24.4 Å². The van der Waals surface area contributed by atoms with E-state index in [1.165, 1.54) is 13.2 Å². The van der Waals surface area contributed by atoms with Gasteiger partial charge in [0.05, 0.1) is 23.8 Å². The molecule has 1 N–H and O–H groups in total. The predicted octanol–water partition coefficient (Wildman–Crippen LogP) is 4.54. The molecule has 0 spiro atoms. The summed E-state index contributed by atoms with van der Waals surface area (Å²) < 4.78 is 36.5. The van der Waals surface area contributed by atoms with Gasteiger partial charge in [-0.2, -0.15) is 18.6 Å². The highest BCUT2D eigenvalue weighted by atomic mass is 19.3. The average molecular weight is 479 g/mol. The molecule has 0 saturated heterocycles. The van der Waals surface area contributed by atoms with E-state index in [2.05, 4.69) is 20.1 Å². The van der Waals surface area contributed by atoms with Gasteiger partial charge in [-0.05, 0) is 55.7 Å². The third kappa shape index (κ3) is 4.64. The number of amides is 1. The van der Waals surface area contributed by atoms with E-state index >= 15 is 0 Å². The molecule has 1 aliphatic carbocycles. The SMILES string of the molecule is COc1cc(CNC(=O)c2cc(C3CC3)nc3c2c(C)nn3-c2ccccn2)ccc1OC(F)F. The minimum absolute atomic E-state index is 0.0694. The van der Waals surface area contributed by atoms with E-state index in [0.717, 1.165) is 18.5 Å². The first-order valence-corrected chi connectivity index (χ1v) is 11.2. The van der Waals surface area contributed by atoms with Crippen molar-refractivity contribution >= 4 is 16.9 Å². The number of benzene rings is 1. The zero-order chi connectivity index (χ0) is 24.5. The number of carbonyl (C=O) groups is 1. The van der Waals surface area contributed by atoms with E-state index < -0.39 is 6.61 Å². The second kappa shape index (κ2) is 9.28. The number of aromatic nitrogens is 4. The van der Waals surface area contributed by atoms with Crippen LogP contribution in [0.25, 0.3) is 16.9 Å². The number of hydrogen-bond donors (Lipinski definition) is 1. The first kappa shape index (κ1) is 22.7. The molecule has 5 rings (SSSR count). The fourth-order valence-electron chi connectivity index (χ4n) is 4.01. The summed E-state index contributed by atoms with van der Waals surface area (Å²) in [5, 5.41) is 8.20. The van der Waals surface area contributed by atoms with Crippen molar-refractivity contribution in [2.45, 2.75) is 38.8 Å². The number of nitrogens with one attached hydrogen (secondary N) is 1. The van der Waals surface area contributed by atoms with Crippen LogP contribution in [0.4, 0.5) is 8.78 Å². The molecule has 1 saturated carbocycles. The van der Waals surface area contributed by atoms with Crippen molar-refractivity contribution in [3.63, 3.8) is 0 Å². The quantitative estimate of drug-likeness (QED) is 0.399. The molecule has 35 heavy (non-hydrogen) atoms. The van der Waals surface area contributed by atoms with Gasteiger partial charge in [-0.15, -0.1) is 0 Å². The van der Waals surface area contributed by atoms with Crippen LogP contribution in [0, 0.1) is 6.92 Å². The molecule has 0 bridgehead atoms. The van der Waals surface area contributed by atoms with Crippen LogP contribution in [0.3, 0.4) is 0 Å². The Hall–Kier alpha value is -4.08. The molecule has 0 radical (unpaired) electrons. The lowest BCUT2D eigenvalue weighted by atomic mass is 10.1. The lowest BCUT2D eigenvalue weighted by Crippen LogP contribution is -2.23. The highest BCUT2D eigenvalue weighted by Gasteiger charge is 2.29. The van der Waals surface area contributed by atoms with Crippen molar-refractivity contribution in [2.75, 3.05) is 7.11 Å². The number of rotatable bonds is 8. The normalized spacial score (nSPS) is 13.3. The molecule has 3 heterocycles. The average Bonchev–Trinajstić information content (AvgIpc) is 3.66. The highest BCUT2D eigenvalue weighted by Crippen LogP contribution is 2.40. The highest BCUT2D eigenvalue weighted by molar-refractivity contribution is 6.06. The van der Waals surface area contributed by atoms with Crippen LogP contribution in [-0.4, -0.2) is 39.4 Å². The molecule has 1 fully saturated rings. The number of halogens is 2.